The molecular weight excluding hydrogens is 204 g/mol. The third-order valence-electron chi connectivity index (χ3n) is 4.89. The molecule has 0 aromatic heterocycles. The van der Waals surface area contributed by atoms with Crippen molar-refractivity contribution in [1.82, 2.24) is 0 Å². The Kier molecular flexibility index (Phi) is 1.68. The van der Waals surface area contributed by atoms with Gasteiger partial charge in [-0.1, -0.05) is 55.5 Å². The van der Waals surface area contributed by atoms with Gasteiger partial charge in [0, 0.05) is 11.3 Å². The minimum Gasteiger partial charge on any atom is -0.0642 e. The third-order valence-corrected chi connectivity index (χ3v) is 4.89. The maximum atomic E-state index is 2.33. The van der Waals surface area contributed by atoms with E-state index in [-0.39, 0.29) is 0 Å². The van der Waals surface area contributed by atoms with Gasteiger partial charge in [0.1, 0.15) is 0 Å². The molecule has 0 saturated carbocycles. The lowest BCUT2D eigenvalue weighted by Crippen LogP contribution is -2.22. The van der Waals surface area contributed by atoms with Gasteiger partial charge in [0.15, 0.2) is 0 Å². The van der Waals surface area contributed by atoms with Crippen molar-refractivity contribution in [3.05, 3.63) is 70.9 Å². The van der Waals surface area contributed by atoms with Crippen LogP contribution in [0.4, 0.5) is 0 Å². The second-order valence-corrected chi connectivity index (χ2v) is 5.44. The van der Waals surface area contributed by atoms with Crippen molar-refractivity contribution >= 4 is 0 Å². The minimum absolute atomic E-state index is 0.319. The van der Waals surface area contributed by atoms with Gasteiger partial charge in [-0.15, -0.1) is 0 Å². The molecular formula is C17H16. The van der Waals surface area contributed by atoms with Crippen molar-refractivity contribution in [3.63, 3.8) is 0 Å². The Balaban J connectivity index is 1.69. The van der Waals surface area contributed by atoms with Gasteiger partial charge in [-0.3, -0.25) is 0 Å². The van der Waals surface area contributed by atoms with Crippen molar-refractivity contribution < 1.29 is 0 Å². The molecule has 4 aliphatic rings. The van der Waals surface area contributed by atoms with E-state index in [9.17, 15) is 0 Å². The fourth-order valence-corrected chi connectivity index (χ4v) is 3.80. The highest BCUT2D eigenvalue weighted by atomic mass is 14.5. The number of allylic oxidation sites excluding steroid dienone is 12. The highest BCUT2D eigenvalue weighted by molar-refractivity contribution is 5.60. The number of fused-ring (bicyclic) bond motifs is 4. The van der Waals surface area contributed by atoms with Crippen LogP contribution in [0.25, 0.3) is 0 Å². The zero-order valence-corrected chi connectivity index (χ0v) is 10.1. The standard InChI is InChI=1S/C17H16/c1-2-17(14-7-8-15(17)10-9-14)11-16-12-3-4-13(16)6-5-12/h3-10,16H,2,11H2,1H3. The second kappa shape index (κ2) is 3.01. The molecule has 0 aliphatic heterocycles. The van der Waals surface area contributed by atoms with Gasteiger partial charge in [0.05, 0.1) is 0 Å². The zero-order valence-electron chi connectivity index (χ0n) is 10.1. The summed E-state index contributed by atoms with van der Waals surface area (Å²) in [6.45, 7) is 2.33. The first-order chi connectivity index (χ1) is 8.33. The summed E-state index contributed by atoms with van der Waals surface area (Å²) in [5, 5.41) is 0. The summed E-state index contributed by atoms with van der Waals surface area (Å²) in [4.78, 5) is 0. The molecule has 84 valence electrons. The highest BCUT2D eigenvalue weighted by Crippen LogP contribution is 2.56. The van der Waals surface area contributed by atoms with Gasteiger partial charge >= 0.3 is 0 Å². The van der Waals surface area contributed by atoms with Crippen LogP contribution in [0.5, 0.6) is 0 Å². The van der Waals surface area contributed by atoms with Crippen molar-refractivity contribution in [1.29, 1.82) is 0 Å². The van der Waals surface area contributed by atoms with Crippen LogP contribution in [0.3, 0.4) is 0 Å². The Hall–Kier alpha value is -1.56. The minimum atomic E-state index is 0.319. The van der Waals surface area contributed by atoms with E-state index in [1.165, 1.54) is 35.1 Å². The lowest BCUT2D eigenvalue weighted by Gasteiger charge is -2.32. The lowest BCUT2D eigenvalue weighted by molar-refractivity contribution is 0.378. The van der Waals surface area contributed by atoms with E-state index in [4.69, 9.17) is 0 Å². The van der Waals surface area contributed by atoms with E-state index < -0.39 is 0 Å². The predicted molar refractivity (Wildman–Crippen MR) is 71.4 cm³/mol. The summed E-state index contributed by atoms with van der Waals surface area (Å²) in [6, 6.07) is 0. The van der Waals surface area contributed by atoms with Crippen LogP contribution in [0, 0.1) is 11.3 Å². The van der Waals surface area contributed by atoms with Crippen LogP contribution in [0.1, 0.15) is 19.8 Å². The number of rotatable bonds is 3. The summed E-state index contributed by atoms with van der Waals surface area (Å²) >= 11 is 0. The van der Waals surface area contributed by atoms with E-state index >= 15 is 0 Å². The molecule has 4 bridgehead atoms. The summed E-state index contributed by atoms with van der Waals surface area (Å²) in [6.07, 6.45) is 20.9. The average Bonchev–Trinajstić information content (AvgIpc) is 3.12. The smallest absolute Gasteiger partial charge is 0.0209 e. The van der Waals surface area contributed by atoms with E-state index in [1.807, 2.05) is 0 Å². The normalized spacial score (nSPS) is 26.4. The van der Waals surface area contributed by atoms with E-state index in [1.54, 1.807) is 0 Å². The van der Waals surface area contributed by atoms with Crippen LogP contribution >= 0.6 is 0 Å². The molecule has 0 unspecified atom stereocenters. The monoisotopic (exact) mass is 220 g/mol. The maximum Gasteiger partial charge on any atom is 0.0209 e. The Morgan fingerprint density at radius 3 is 1.88 bits per heavy atom. The molecule has 0 heteroatoms. The third kappa shape index (κ3) is 1.04. The molecule has 4 aliphatic carbocycles. The summed E-state index contributed by atoms with van der Waals surface area (Å²) in [5.41, 5.74) is 6.41. The topological polar surface area (TPSA) is 0 Å². The molecule has 0 aromatic rings. The van der Waals surface area contributed by atoms with Gasteiger partial charge < -0.3 is 0 Å². The van der Waals surface area contributed by atoms with Gasteiger partial charge in [0.25, 0.3) is 0 Å². The molecule has 0 heterocycles. The summed E-state index contributed by atoms with van der Waals surface area (Å²) in [5.74, 6) is 0.653. The van der Waals surface area contributed by atoms with E-state index in [2.05, 4.69) is 55.5 Å². The zero-order chi connectivity index (χ0) is 11.5. The van der Waals surface area contributed by atoms with Crippen molar-refractivity contribution in [2.24, 2.45) is 11.3 Å². The van der Waals surface area contributed by atoms with Crippen LogP contribution in [0.2, 0.25) is 0 Å². The molecule has 0 amide bonds. The van der Waals surface area contributed by atoms with Gasteiger partial charge in [-0.2, -0.15) is 0 Å². The fourth-order valence-electron chi connectivity index (χ4n) is 3.80. The Morgan fingerprint density at radius 1 is 0.882 bits per heavy atom. The number of hydrogen-bond acceptors (Lipinski definition) is 0. The van der Waals surface area contributed by atoms with Crippen LogP contribution < -0.4 is 0 Å². The molecule has 0 radical (unpaired) electrons. The molecule has 0 atom stereocenters. The Morgan fingerprint density at radius 2 is 1.47 bits per heavy atom. The van der Waals surface area contributed by atoms with Gasteiger partial charge in [-0.25, -0.2) is 0 Å². The summed E-state index contributed by atoms with van der Waals surface area (Å²) < 4.78 is 0. The Labute approximate surface area is 102 Å². The first-order valence-electron chi connectivity index (χ1n) is 6.54. The van der Waals surface area contributed by atoms with Crippen LogP contribution in [-0.2, 0) is 0 Å². The molecule has 0 nitrogen and oxygen atoms in total. The average molecular weight is 220 g/mol. The van der Waals surface area contributed by atoms with Crippen LogP contribution in [-0.4, -0.2) is 0 Å². The molecule has 0 aromatic carbocycles. The molecule has 4 rings (SSSR count). The SMILES string of the molecule is CCC1(CC2C3=CC=C2C=C3)C2=CC=C1C=C2. The molecule has 0 saturated heterocycles. The fraction of sp³-hybridized carbons (Fsp3) is 0.294. The largest absolute Gasteiger partial charge is 0.0642 e. The first-order valence-corrected chi connectivity index (χ1v) is 6.54. The van der Waals surface area contributed by atoms with Gasteiger partial charge in [-0.05, 0) is 35.1 Å². The Bertz CT molecular complexity index is 529. The van der Waals surface area contributed by atoms with Crippen molar-refractivity contribution in [3.8, 4) is 0 Å². The first kappa shape index (κ1) is 9.47. The molecule has 0 fully saturated rings. The second-order valence-electron chi connectivity index (χ2n) is 5.44. The quantitative estimate of drug-likeness (QED) is 0.666. The maximum absolute atomic E-state index is 2.33. The van der Waals surface area contributed by atoms with Crippen LogP contribution in [0.15, 0.2) is 70.9 Å². The molecule has 0 N–H and O–H groups in total. The van der Waals surface area contributed by atoms with Gasteiger partial charge in [0.2, 0.25) is 0 Å². The number of hydrogen-bond donors (Lipinski definition) is 0. The predicted octanol–water partition coefficient (Wildman–Crippen LogP) is 4.26. The van der Waals surface area contributed by atoms with E-state index in [0.29, 0.717) is 11.3 Å². The lowest BCUT2D eigenvalue weighted by atomic mass is 9.71. The van der Waals surface area contributed by atoms with E-state index in [0.717, 1.165) is 0 Å². The summed E-state index contributed by atoms with van der Waals surface area (Å²) in [7, 11) is 0. The highest BCUT2D eigenvalue weighted by Gasteiger charge is 2.43. The van der Waals surface area contributed by atoms with Crippen molar-refractivity contribution in [2.45, 2.75) is 19.8 Å². The van der Waals surface area contributed by atoms with Crippen molar-refractivity contribution in [2.75, 3.05) is 0 Å². The molecule has 0 spiro atoms. The molecule has 17 heavy (non-hydrogen) atoms.